The van der Waals surface area contributed by atoms with Crippen LogP contribution in [-0.2, 0) is 0 Å². The molecule has 0 saturated carbocycles. The number of hydrogen-bond acceptors (Lipinski definition) is 1. The lowest BCUT2D eigenvalue weighted by atomic mass is 9.78. The molecule has 2 aromatic rings. The molecule has 0 aromatic heterocycles. The van der Waals surface area contributed by atoms with Crippen LogP contribution in [0.1, 0.15) is 80.2 Å². The third-order valence-corrected chi connectivity index (χ3v) is 7.53. The first kappa shape index (κ1) is 18.9. The summed E-state index contributed by atoms with van der Waals surface area (Å²) in [5, 5.41) is 0. The Morgan fingerprint density at radius 3 is 1.31 bits per heavy atom. The molecule has 0 fully saturated rings. The summed E-state index contributed by atoms with van der Waals surface area (Å²) in [7, 11) is 0. The topological polar surface area (TPSA) is 17.1 Å². The molecule has 0 radical (unpaired) electrons. The number of rotatable bonds is 1. The third-order valence-electron chi connectivity index (χ3n) is 7.53. The molecule has 0 bridgehead atoms. The summed E-state index contributed by atoms with van der Waals surface area (Å²) in [6.45, 7) is 22.0. The predicted molar refractivity (Wildman–Crippen MR) is 112 cm³/mol. The Morgan fingerprint density at radius 2 is 0.808 bits per heavy atom. The maximum atomic E-state index is 13.0. The summed E-state index contributed by atoms with van der Waals surface area (Å²) in [5.74, 6) is 0.660. The molecule has 2 atom stereocenters. The monoisotopic (exact) mass is 348 g/mol. The van der Waals surface area contributed by atoms with Crippen molar-refractivity contribution < 1.29 is 4.79 Å². The second kappa shape index (κ2) is 6.08. The third kappa shape index (κ3) is 2.25. The Bertz CT molecular complexity index is 930. The van der Waals surface area contributed by atoms with E-state index in [4.69, 9.17) is 0 Å². The van der Waals surface area contributed by atoms with Crippen LogP contribution in [0.25, 0.3) is 11.1 Å². The normalized spacial score (nSPS) is 19.2. The highest BCUT2D eigenvalue weighted by atomic mass is 16.1. The van der Waals surface area contributed by atoms with Gasteiger partial charge in [0.15, 0.2) is 5.78 Å². The zero-order valence-electron chi connectivity index (χ0n) is 18.1. The molecular formula is C25H32O. The fraction of sp³-hybridized carbons (Fsp3) is 0.480. The predicted octanol–water partition coefficient (Wildman–Crippen LogP) is 6.76. The first-order valence-electron chi connectivity index (χ1n) is 9.77. The van der Waals surface area contributed by atoms with E-state index < -0.39 is 0 Å². The molecule has 1 nitrogen and oxygen atoms in total. The van der Waals surface area contributed by atoms with Gasteiger partial charge in [0, 0.05) is 11.5 Å². The fourth-order valence-electron chi connectivity index (χ4n) is 4.86. The number of ketones is 1. The molecule has 26 heavy (non-hydrogen) atoms. The van der Waals surface area contributed by atoms with Crippen molar-refractivity contribution in [3.05, 3.63) is 55.6 Å². The van der Waals surface area contributed by atoms with E-state index >= 15 is 0 Å². The van der Waals surface area contributed by atoms with E-state index in [9.17, 15) is 4.79 Å². The van der Waals surface area contributed by atoms with Crippen LogP contribution < -0.4 is 0 Å². The Kier molecular flexibility index (Phi) is 4.42. The van der Waals surface area contributed by atoms with E-state index in [1.54, 1.807) is 0 Å². The van der Waals surface area contributed by atoms with Crippen molar-refractivity contribution in [3.63, 3.8) is 0 Å². The van der Waals surface area contributed by atoms with Crippen LogP contribution in [0.2, 0.25) is 0 Å². The van der Waals surface area contributed by atoms with Gasteiger partial charge < -0.3 is 0 Å². The molecule has 0 spiro atoms. The summed E-state index contributed by atoms with van der Waals surface area (Å²) in [5.41, 5.74) is 15.6. The van der Waals surface area contributed by atoms with Crippen molar-refractivity contribution in [2.24, 2.45) is 5.92 Å². The van der Waals surface area contributed by atoms with E-state index in [2.05, 4.69) is 69.2 Å². The Hall–Kier alpha value is -1.89. The highest BCUT2D eigenvalue weighted by molar-refractivity contribution is 6.07. The van der Waals surface area contributed by atoms with Crippen LogP contribution in [-0.4, -0.2) is 5.78 Å². The van der Waals surface area contributed by atoms with E-state index in [0.29, 0.717) is 5.78 Å². The Labute approximate surface area is 158 Å². The lowest BCUT2D eigenvalue weighted by molar-refractivity contribution is 0.0936. The average molecular weight is 349 g/mol. The second-order valence-corrected chi connectivity index (χ2v) is 8.48. The quantitative estimate of drug-likeness (QED) is 0.556. The van der Waals surface area contributed by atoms with Gasteiger partial charge in [0.25, 0.3) is 0 Å². The first-order valence-corrected chi connectivity index (χ1v) is 9.77. The van der Waals surface area contributed by atoms with Gasteiger partial charge in [-0.1, -0.05) is 13.8 Å². The lowest BCUT2D eigenvalue weighted by Crippen LogP contribution is -2.07. The van der Waals surface area contributed by atoms with Crippen LogP contribution in [0.4, 0.5) is 0 Å². The number of carbonyl (C=O) groups excluding carboxylic acids is 1. The molecule has 0 amide bonds. The zero-order chi connectivity index (χ0) is 19.7. The van der Waals surface area contributed by atoms with Crippen molar-refractivity contribution in [2.75, 3.05) is 0 Å². The van der Waals surface area contributed by atoms with E-state index in [-0.39, 0.29) is 11.8 Å². The van der Waals surface area contributed by atoms with Crippen LogP contribution in [0, 0.1) is 61.3 Å². The zero-order valence-corrected chi connectivity index (χ0v) is 18.1. The molecular weight excluding hydrogens is 316 g/mol. The van der Waals surface area contributed by atoms with Crippen molar-refractivity contribution in [1.29, 1.82) is 0 Å². The summed E-state index contributed by atoms with van der Waals surface area (Å²) in [4.78, 5) is 13.0. The van der Waals surface area contributed by atoms with Crippen molar-refractivity contribution in [1.82, 2.24) is 0 Å². The molecule has 0 saturated heterocycles. The van der Waals surface area contributed by atoms with Gasteiger partial charge in [0.2, 0.25) is 0 Å². The molecule has 0 heterocycles. The minimum Gasteiger partial charge on any atom is -0.294 e. The van der Waals surface area contributed by atoms with Crippen molar-refractivity contribution >= 4 is 5.78 Å². The van der Waals surface area contributed by atoms with Gasteiger partial charge >= 0.3 is 0 Å². The lowest BCUT2D eigenvalue weighted by Gasteiger charge is -2.26. The highest BCUT2D eigenvalue weighted by Gasteiger charge is 2.39. The van der Waals surface area contributed by atoms with E-state index in [1.807, 2.05) is 0 Å². The van der Waals surface area contributed by atoms with Gasteiger partial charge in [0.1, 0.15) is 0 Å². The molecule has 3 rings (SSSR count). The maximum Gasteiger partial charge on any atom is 0.166 e. The van der Waals surface area contributed by atoms with Crippen LogP contribution in [0.3, 0.4) is 0 Å². The minimum atomic E-state index is 0.0666. The largest absolute Gasteiger partial charge is 0.294 e. The molecule has 0 aliphatic heterocycles. The van der Waals surface area contributed by atoms with Gasteiger partial charge in [0.05, 0.1) is 0 Å². The molecule has 1 heteroatoms. The van der Waals surface area contributed by atoms with Crippen molar-refractivity contribution in [2.45, 2.75) is 75.2 Å². The first-order chi connectivity index (χ1) is 12.0. The SMILES string of the molecule is Cc1c(C)c(C)c(-c2c(C)c(C)c(C)c3c2C(C)C(C)C3=O)c(C)c1C. The van der Waals surface area contributed by atoms with Crippen LogP contribution in [0.5, 0.6) is 0 Å². The molecule has 1 aliphatic carbocycles. The second-order valence-electron chi connectivity index (χ2n) is 8.48. The average Bonchev–Trinajstić information content (AvgIpc) is 2.83. The molecule has 2 aromatic carbocycles. The number of Topliss-reactive ketones (excluding diaryl/α,β-unsaturated/α-hetero) is 1. The Morgan fingerprint density at radius 1 is 0.462 bits per heavy atom. The van der Waals surface area contributed by atoms with E-state index in [0.717, 1.165) is 5.56 Å². The van der Waals surface area contributed by atoms with Gasteiger partial charge in [-0.05, 0) is 123 Å². The van der Waals surface area contributed by atoms with Gasteiger partial charge in [-0.3, -0.25) is 4.79 Å². The van der Waals surface area contributed by atoms with Gasteiger partial charge in [-0.25, -0.2) is 0 Å². The smallest absolute Gasteiger partial charge is 0.166 e. The number of carbonyl (C=O) groups is 1. The van der Waals surface area contributed by atoms with Crippen molar-refractivity contribution in [3.8, 4) is 11.1 Å². The van der Waals surface area contributed by atoms with Crippen LogP contribution >= 0.6 is 0 Å². The highest BCUT2D eigenvalue weighted by Crippen LogP contribution is 2.49. The summed E-state index contributed by atoms with van der Waals surface area (Å²) in [6.07, 6.45) is 0. The summed E-state index contributed by atoms with van der Waals surface area (Å²) >= 11 is 0. The minimum absolute atomic E-state index is 0.0666. The molecule has 0 N–H and O–H groups in total. The standard InChI is InChI=1S/C25H32O/c1-11-12(2)15(5)21(16(6)13(11)3)22-17(7)14(4)18(8)24-23(22)19(9)20(10)25(24)26/h19-20H,1-10H3. The van der Waals surface area contributed by atoms with E-state index in [1.165, 1.54) is 61.2 Å². The van der Waals surface area contributed by atoms with Crippen LogP contribution in [0.15, 0.2) is 0 Å². The summed E-state index contributed by atoms with van der Waals surface area (Å²) < 4.78 is 0. The Balaban J connectivity index is 2.55. The number of hydrogen-bond donors (Lipinski definition) is 0. The fourth-order valence-corrected chi connectivity index (χ4v) is 4.86. The molecule has 138 valence electrons. The molecule has 1 aliphatic rings. The summed E-state index contributed by atoms with van der Waals surface area (Å²) in [6, 6.07) is 0. The number of fused-ring (bicyclic) bond motifs is 1. The molecule has 2 unspecified atom stereocenters. The number of benzene rings is 2. The maximum absolute atomic E-state index is 13.0. The van der Waals surface area contributed by atoms with Gasteiger partial charge in [-0.2, -0.15) is 0 Å². The van der Waals surface area contributed by atoms with Gasteiger partial charge in [-0.15, -0.1) is 0 Å².